The lowest BCUT2D eigenvalue weighted by Gasteiger charge is -2.44. The number of ketones is 1. The highest BCUT2D eigenvalue weighted by Gasteiger charge is 2.49. The largest absolute Gasteiger partial charge is 0.508 e. The summed E-state index contributed by atoms with van der Waals surface area (Å²) in [4.78, 5) is 25.4. The molecule has 0 aromatic heterocycles. The molecule has 220 valence electrons. The van der Waals surface area contributed by atoms with Crippen LogP contribution < -0.4 is 0 Å². The Kier molecular flexibility index (Phi) is 9.95. The molecule has 40 heavy (non-hydrogen) atoms. The van der Waals surface area contributed by atoms with Crippen molar-refractivity contribution in [2.45, 2.75) is 81.3 Å². The molecule has 1 aromatic carbocycles. The van der Waals surface area contributed by atoms with Gasteiger partial charge in [0.2, 0.25) is 6.29 Å². The number of ether oxygens (including phenoxy) is 4. The van der Waals surface area contributed by atoms with Crippen molar-refractivity contribution in [2.75, 3.05) is 6.61 Å². The summed E-state index contributed by atoms with van der Waals surface area (Å²) in [6.45, 7) is 3.19. The lowest BCUT2D eigenvalue weighted by atomic mass is 9.78. The van der Waals surface area contributed by atoms with E-state index in [1.807, 2.05) is 0 Å². The minimum Gasteiger partial charge on any atom is -0.508 e. The van der Waals surface area contributed by atoms with Crippen LogP contribution in [0, 0.1) is 11.8 Å². The topological polar surface area (TPSA) is 192 Å². The normalized spacial score (nSPS) is 34.6. The Morgan fingerprint density at radius 1 is 1.12 bits per heavy atom. The lowest BCUT2D eigenvalue weighted by molar-refractivity contribution is -0.339. The van der Waals surface area contributed by atoms with Gasteiger partial charge >= 0.3 is 5.97 Å². The minimum absolute atomic E-state index is 0.0885. The van der Waals surface area contributed by atoms with Gasteiger partial charge in [-0.2, -0.15) is 0 Å². The van der Waals surface area contributed by atoms with E-state index in [1.54, 1.807) is 24.3 Å². The molecule has 3 heterocycles. The molecule has 0 unspecified atom stereocenters. The van der Waals surface area contributed by atoms with E-state index in [0.29, 0.717) is 12.8 Å². The zero-order valence-electron chi connectivity index (χ0n) is 21.8. The Morgan fingerprint density at radius 3 is 2.52 bits per heavy atom. The summed E-state index contributed by atoms with van der Waals surface area (Å²) in [7, 11) is 0. The van der Waals surface area contributed by atoms with E-state index >= 15 is 0 Å². The van der Waals surface area contributed by atoms with Crippen molar-refractivity contribution < 1.29 is 59.2 Å². The standard InChI is InChI=1S/C28H36O12/c1-2-19-20-11-18(10-17(32)9-16(31)8-5-14-3-6-15(30)7-4-14)38-26(36)21(20)13-37-27(19)40-28-25(35)24(34)23(33)22(12-29)39-28/h2-4,6-7,13,16,18-20,22-25,27-31,33-35H,1,5,8-12H2/t16-,18-,19+,20-,22+,23+,24-,25+,27-,28-/m0/s1. The quantitative estimate of drug-likeness (QED) is 0.154. The fourth-order valence-corrected chi connectivity index (χ4v) is 5.28. The molecule has 3 aliphatic rings. The number of hydrogen-bond acceptors (Lipinski definition) is 12. The van der Waals surface area contributed by atoms with Crippen LogP contribution in [0.5, 0.6) is 5.75 Å². The fraction of sp³-hybridized carbons (Fsp3) is 0.571. The van der Waals surface area contributed by atoms with E-state index in [4.69, 9.17) is 18.9 Å². The third-order valence-electron chi connectivity index (χ3n) is 7.54. The number of phenols is 1. The van der Waals surface area contributed by atoms with Crippen molar-refractivity contribution in [3.63, 3.8) is 0 Å². The average molecular weight is 565 g/mol. The highest BCUT2D eigenvalue weighted by atomic mass is 16.8. The van der Waals surface area contributed by atoms with Crippen molar-refractivity contribution >= 4 is 11.8 Å². The van der Waals surface area contributed by atoms with Gasteiger partial charge in [-0.25, -0.2) is 4.79 Å². The zero-order valence-corrected chi connectivity index (χ0v) is 21.8. The van der Waals surface area contributed by atoms with Crippen molar-refractivity contribution in [2.24, 2.45) is 11.8 Å². The number of carbonyl (C=O) groups excluding carboxylic acids is 2. The second-order valence-corrected chi connectivity index (χ2v) is 10.4. The smallest absolute Gasteiger partial charge is 0.337 e. The SMILES string of the molecule is C=C[C@H]1[C@H](O[C@@H]2O[C@H](CO)[C@@H](O)[C@H](O)[C@H]2O)OC=C2C(=O)O[C@@H](CC(=O)C[C@@H](O)CCc3ccc(O)cc3)C[C@H]21. The molecule has 3 aliphatic heterocycles. The van der Waals surface area contributed by atoms with E-state index < -0.39 is 73.6 Å². The van der Waals surface area contributed by atoms with Crippen LogP contribution in [0.15, 0.2) is 48.8 Å². The van der Waals surface area contributed by atoms with Crippen LogP contribution in [0.4, 0.5) is 0 Å². The van der Waals surface area contributed by atoms with Crippen LogP contribution in [0.2, 0.25) is 0 Å². The van der Waals surface area contributed by atoms with Crippen LogP contribution in [-0.2, 0) is 35.0 Å². The van der Waals surface area contributed by atoms with Crippen molar-refractivity contribution in [3.8, 4) is 5.75 Å². The van der Waals surface area contributed by atoms with E-state index in [1.165, 1.54) is 12.3 Å². The molecule has 0 amide bonds. The first-order valence-electron chi connectivity index (χ1n) is 13.2. The van der Waals surface area contributed by atoms with Gasteiger partial charge in [0.25, 0.3) is 0 Å². The van der Waals surface area contributed by atoms with Crippen molar-refractivity contribution in [1.82, 2.24) is 0 Å². The molecule has 6 N–H and O–H groups in total. The first-order valence-corrected chi connectivity index (χ1v) is 13.2. The number of aromatic hydroxyl groups is 1. The number of aliphatic hydroxyl groups excluding tert-OH is 5. The fourth-order valence-electron chi connectivity index (χ4n) is 5.28. The maximum absolute atomic E-state index is 12.7. The molecule has 0 aliphatic carbocycles. The van der Waals surface area contributed by atoms with Gasteiger partial charge in [-0.05, 0) is 37.0 Å². The highest BCUT2D eigenvalue weighted by molar-refractivity contribution is 5.90. The maximum Gasteiger partial charge on any atom is 0.337 e. The molecule has 0 saturated carbocycles. The first-order chi connectivity index (χ1) is 19.1. The average Bonchev–Trinajstić information content (AvgIpc) is 2.92. The molecule has 12 heteroatoms. The van der Waals surface area contributed by atoms with E-state index in [2.05, 4.69) is 6.58 Å². The van der Waals surface area contributed by atoms with Crippen LogP contribution in [0.1, 0.15) is 31.2 Å². The van der Waals surface area contributed by atoms with Gasteiger partial charge in [0.1, 0.15) is 42.1 Å². The van der Waals surface area contributed by atoms with Gasteiger partial charge in [0.05, 0.1) is 24.5 Å². The summed E-state index contributed by atoms with van der Waals surface area (Å²) in [5, 5.41) is 59.5. The molecule has 10 atom stereocenters. The van der Waals surface area contributed by atoms with Gasteiger partial charge < -0.3 is 49.6 Å². The van der Waals surface area contributed by atoms with Gasteiger partial charge in [0, 0.05) is 24.7 Å². The molecule has 0 radical (unpaired) electrons. The second-order valence-electron chi connectivity index (χ2n) is 10.4. The molecule has 0 bridgehead atoms. The number of Topliss-reactive ketones (excluding diaryl/α,β-unsaturated/α-hetero) is 1. The van der Waals surface area contributed by atoms with Crippen LogP contribution in [0.3, 0.4) is 0 Å². The maximum atomic E-state index is 12.7. The number of hydrogen-bond donors (Lipinski definition) is 6. The minimum atomic E-state index is -1.64. The molecule has 2 saturated heterocycles. The molecule has 1 aromatic rings. The number of carbonyl (C=O) groups is 2. The second kappa shape index (κ2) is 13.2. The van der Waals surface area contributed by atoms with Gasteiger partial charge in [-0.1, -0.05) is 18.2 Å². The Balaban J connectivity index is 1.34. The Bertz CT molecular complexity index is 1070. The van der Waals surface area contributed by atoms with E-state index in [9.17, 15) is 40.2 Å². The summed E-state index contributed by atoms with van der Waals surface area (Å²) in [5.41, 5.74) is 1.15. The van der Waals surface area contributed by atoms with Crippen LogP contribution in [0.25, 0.3) is 0 Å². The van der Waals surface area contributed by atoms with E-state index in [0.717, 1.165) is 5.56 Å². The molecular weight excluding hydrogens is 528 g/mol. The van der Waals surface area contributed by atoms with Crippen LogP contribution in [-0.4, -0.2) is 98.2 Å². The molecule has 2 fully saturated rings. The number of rotatable bonds is 11. The van der Waals surface area contributed by atoms with Gasteiger partial charge in [0.15, 0.2) is 6.29 Å². The number of benzene rings is 1. The molecular formula is C28H36O12. The van der Waals surface area contributed by atoms with Crippen LogP contribution >= 0.6 is 0 Å². The molecule has 12 nitrogen and oxygen atoms in total. The number of cyclic esters (lactones) is 1. The monoisotopic (exact) mass is 564 g/mol. The summed E-state index contributed by atoms with van der Waals surface area (Å²) in [6, 6.07) is 6.60. The zero-order chi connectivity index (χ0) is 29.0. The predicted molar refractivity (Wildman–Crippen MR) is 136 cm³/mol. The molecule has 4 rings (SSSR count). The Morgan fingerprint density at radius 2 is 1.85 bits per heavy atom. The number of aryl methyl sites for hydroxylation is 1. The Hall–Kier alpha value is -2.84. The summed E-state index contributed by atoms with van der Waals surface area (Å²) < 4.78 is 22.2. The van der Waals surface area contributed by atoms with Crippen molar-refractivity contribution in [3.05, 3.63) is 54.3 Å². The summed E-state index contributed by atoms with van der Waals surface area (Å²) >= 11 is 0. The van der Waals surface area contributed by atoms with E-state index in [-0.39, 0.29) is 36.4 Å². The van der Waals surface area contributed by atoms with Gasteiger partial charge in [-0.15, -0.1) is 6.58 Å². The summed E-state index contributed by atoms with van der Waals surface area (Å²) in [6.07, 6.45) is -6.53. The highest BCUT2D eigenvalue weighted by Crippen LogP contribution is 2.41. The first kappa shape index (κ1) is 30.1. The number of phenolic OH excluding ortho intramolecular Hbond substituents is 1. The number of fused-ring (bicyclic) bond motifs is 1. The molecule has 0 spiro atoms. The number of esters is 1. The summed E-state index contributed by atoms with van der Waals surface area (Å²) in [5.74, 6) is -1.90. The lowest BCUT2D eigenvalue weighted by Crippen LogP contribution is -2.60. The predicted octanol–water partition coefficient (Wildman–Crippen LogP) is -0.174. The third-order valence-corrected chi connectivity index (χ3v) is 7.54. The van der Waals surface area contributed by atoms with Crippen molar-refractivity contribution in [1.29, 1.82) is 0 Å². The Labute approximate surface area is 231 Å². The van der Waals surface area contributed by atoms with Gasteiger partial charge in [-0.3, -0.25) is 4.79 Å². The number of aliphatic hydroxyl groups is 5. The third kappa shape index (κ3) is 6.89.